The summed E-state index contributed by atoms with van der Waals surface area (Å²) in [6.07, 6.45) is 0. The van der Waals surface area contributed by atoms with Crippen LogP contribution in [0.25, 0.3) is 89.7 Å². The topological polar surface area (TPSA) is 77.6 Å². The summed E-state index contributed by atoms with van der Waals surface area (Å²) in [5.74, 6) is 1.88. The Labute approximate surface area is 270 Å². The second-order valence-corrected chi connectivity index (χ2v) is 11.3. The second-order valence-electron chi connectivity index (χ2n) is 11.3. The van der Waals surface area contributed by atoms with Crippen LogP contribution in [0.4, 0.5) is 0 Å². The van der Waals surface area contributed by atoms with Crippen molar-refractivity contribution in [2.75, 3.05) is 0 Å². The van der Waals surface area contributed by atoms with Gasteiger partial charge in [0.15, 0.2) is 23.1 Å². The second kappa shape index (κ2) is 11.1. The quantitative estimate of drug-likeness (QED) is 0.195. The predicted molar refractivity (Wildman–Crippen MR) is 187 cm³/mol. The number of pyridine rings is 2. The van der Waals surface area contributed by atoms with Crippen molar-refractivity contribution >= 4 is 33.0 Å². The van der Waals surface area contributed by atoms with Crippen LogP contribution in [0.1, 0.15) is 0 Å². The molecule has 4 aromatic heterocycles. The molecule has 0 N–H and O–H groups in total. The summed E-state index contributed by atoms with van der Waals surface area (Å²) in [7, 11) is 0. The fourth-order valence-electron chi connectivity index (χ4n) is 6.00. The van der Waals surface area contributed by atoms with Crippen LogP contribution in [0.3, 0.4) is 0 Å². The minimum atomic E-state index is 0.612. The Morgan fingerprint density at radius 1 is 0.362 bits per heavy atom. The number of fused-ring (bicyclic) bond motifs is 4. The molecule has 0 saturated carbocycles. The normalized spacial score (nSPS) is 11.4. The van der Waals surface area contributed by atoms with E-state index in [9.17, 15) is 0 Å². The molecule has 0 bridgehead atoms. The van der Waals surface area contributed by atoms with E-state index in [1.165, 1.54) is 0 Å². The number of hydrogen-bond donors (Lipinski definition) is 0. The molecule has 0 aliphatic heterocycles. The van der Waals surface area contributed by atoms with Gasteiger partial charge in [-0.25, -0.2) is 24.9 Å². The van der Waals surface area contributed by atoms with Crippen LogP contribution >= 0.6 is 0 Å². The standard InChI is InChI=1S/C41H25N5O/c1-3-11-28(12-4-1)39-44-40(29-13-5-2-6-14-29)46-41(45-39)30-20-18-27(19-21-30)33-24-25-36-38(43-33)37-31(15-9-17-35(37)47-36)34-23-22-26-10-7-8-16-32(26)42-34/h1-25H. The number of nitrogens with zero attached hydrogens (tertiary/aromatic N) is 5. The summed E-state index contributed by atoms with van der Waals surface area (Å²) in [6, 6.07) is 50.6. The number of para-hydroxylation sites is 1. The van der Waals surface area contributed by atoms with Gasteiger partial charge >= 0.3 is 0 Å². The molecule has 9 aromatic rings. The first kappa shape index (κ1) is 26.8. The van der Waals surface area contributed by atoms with Crippen LogP contribution in [0, 0.1) is 0 Å². The highest BCUT2D eigenvalue weighted by atomic mass is 16.3. The first-order valence-electron chi connectivity index (χ1n) is 15.4. The lowest BCUT2D eigenvalue weighted by Crippen LogP contribution is -2.00. The Kier molecular flexibility index (Phi) is 6.35. The van der Waals surface area contributed by atoms with Crippen LogP contribution in [0.2, 0.25) is 0 Å². The molecule has 0 saturated heterocycles. The maximum absolute atomic E-state index is 6.25. The third kappa shape index (κ3) is 4.89. The summed E-state index contributed by atoms with van der Waals surface area (Å²) >= 11 is 0. The highest BCUT2D eigenvalue weighted by Crippen LogP contribution is 2.37. The molecule has 0 atom stereocenters. The lowest BCUT2D eigenvalue weighted by molar-refractivity contribution is 0.668. The molecular weight excluding hydrogens is 578 g/mol. The smallest absolute Gasteiger partial charge is 0.164 e. The molecule has 0 fully saturated rings. The van der Waals surface area contributed by atoms with Crippen molar-refractivity contribution in [2.45, 2.75) is 0 Å². The van der Waals surface area contributed by atoms with Crippen molar-refractivity contribution in [1.82, 2.24) is 24.9 Å². The van der Waals surface area contributed by atoms with Crippen molar-refractivity contribution in [1.29, 1.82) is 0 Å². The third-order valence-electron chi connectivity index (χ3n) is 8.35. The summed E-state index contributed by atoms with van der Waals surface area (Å²) in [5.41, 5.74) is 9.75. The number of furan rings is 1. The summed E-state index contributed by atoms with van der Waals surface area (Å²) in [6.45, 7) is 0. The Hall–Kier alpha value is -6.53. The van der Waals surface area contributed by atoms with E-state index in [4.69, 9.17) is 29.3 Å². The average Bonchev–Trinajstić information content (AvgIpc) is 3.53. The Balaban J connectivity index is 1.12. The van der Waals surface area contributed by atoms with E-state index in [-0.39, 0.29) is 0 Å². The van der Waals surface area contributed by atoms with Crippen molar-refractivity contribution in [3.05, 3.63) is 152 Å². The molecule has 9 rings (SSSR count). The number of rotatable bonds is 5. The van der Waals surface area contributed by atoms with E-state index in [1.54, 1.807) is 0 Å². The first-order valence-corrected chi connectivity index (χ1v) is 15.4. The van der Waals surface area contributed by atoms with Gasteiger partial charge in [0.2, 0.25) is 0 Å². The minimum Gasteiger partial charge on any atom is -0.454 e. The van der Waals surface area contributed by atoms with Gasteiger partial charge in [0.1, 0.15) is 11.1 Å². The molecule has 0 unspecified atom stereocenters. The monoisotopic (exact) mass is 603 g/mol. The maximum Gasteiger partial charge on any atom is 0.164 e. The van der Waals surface area contributed by atoms with Crippen LogP contribution in [0.15, 0.2) is 156 Å². The molecule has 6 heteroatoms. The maximum atomic E-state index is 6.25. The first-order chi connectivity index (χ1) is 23.3. The van der Waals surface area contributed by atoms with Crippen LogP contribution < -0.4 is 0 Å². The van der Waals surface area contributed by atoms with Gasteiger partial charge in [0.25, 0.3) is 0 Å². The van der Waals surface area contributed by atoms with E-state index in [0.29, 0.717) is 17.5 Å². The molecule has 0 aliphatic carbocycles. The van der Waals surface area contributed by atoms with Gasteiger partial charge < -0.3 is 4.42 Å². The molecule has 0 spiro atoms. The van der Waals surface area contributed by atoms with E-state index in [1.807, 2.05) is 115 Å². The lowest BCUT2D eigenvalue weighted by Gasteiger charge is -2.09. The van der Waals surface area contributed by atoms with Crippen LogP contribution in [-0.4, -0.2) is 24.9 Å². The van der Waals surface area contributed by atoms with Gasteiger partial charge in [0, 0.05) is 33.2 Å². The SMILES string of the molecule is c1ccc(-c2nc(-c3ccccc3)nc(-c3ccc(-c4ccc5oc6cccc(-c7ccc8ccccc8n7)c6c5n4)cc3)n2)cc1. The van der Waals surface area contributed by atoms with Crippen molar-refractivity contribution in [3.8, 4) is 56.7 Å². The fourth-order valence-corrected chi connectivity index (χ4v) is 6.00. The molecule has 0 radical (unpaired) electrons. The van der Waals surface area contributed by atoms with Crippen LogP contribution in [0.5, 0.6) is 0 Å². The van der Waals surface area contributed by atoms with Gasteiger partial charge in [-0.15, -0.1) is 0 Å². The van der Waals surface area contributed by atoms with Crippen molar-refractivity contribution < 1.29 is 4.42 Å². The molecular formula is C41H25N5O. The Morgan fingerprint density at radius 3 is 1.66 bits per heavy atom. The zero-order valence-electron chi connectivity index (χ0n) is 25.1. The summed E-state index contributed by atoms with van der Waals surface area (Å²) in [4.78, 5) is 24.6. The zero-order chi connectivity index (χ0) is 31.2. The van der Waals surface area contributed by atoms with Gasteiger partial charge in [-0.2, -0.15) is 0 Å². The van der Waals surface area contributed by atoms with Crippen LogP contribution in [-0.2, 0) is 0 Å². The lowest BCUT2D eigenvalue weighted by atomic mass is 10.0. The molecule has 220 valence electrons. The van der Waals surface area contributed by atoms with E-state index in [0.717, 1.165) is 72.2 Å². The van der Waals surface area contributed by atoms with Crippen molar-refractivity contribution in [3.63, 3.8) is 0 Å². The number of benzene rings is 5. The Morgan fingerprint density at radius 2 is 0.957 bits per heavy atom. The highest BCUT2D eigenvalue weighted by Gasteiger charge is 2.17. The third-order valence-corrected chi connectivity index (χ3v) is 8.35. The number of aromatic nitrogens is 5. The predicted octanol–water partition coefficient (Wildman–Crippen LogP) is 10.0. The molecule has 0 amide bonds. The molecule has 5 aromatic carbocycles. The van der Waals surface area contributed by atoms with Gasteiger partial charge in [-0.3, -0.25) is 0 Å². The minimum absolute atomic E-state index is 0.612. The van der Waals surface area contributed by atoms with E-state index in [2.05, 4.69) is 36.4 Å². The average molecular weight is 604 g/mol. The molecule has 47 heavy (non-hydrogen) atoms. The zero-order valence-corrected chi connectivity index (χ0v) is 25.1. The van der Waals surface area contributed by atoms with E-state index >= 15 is 0 Å². The number of hydrogen-bond acceptors (Lipinski definition) is 6. The van der Waals surface area contributed by atoms with Crippen molar-refractivity contribution in [2.24, 2.45) is 0 Å². The molecule has 6 nitrogen and oxygen atoms in total. The largest absolute Gasteiger partial charge is 0.454 e. The summed E-state index contributed by atoms with van der Waals surface area (Å²) < 4.78 is 6.25. The van der Waals surface area contributed by atoms with Gasteiger partial charge in [-0.05, 0) is 30.3 Å². The fraction of sp³-hybridized carbons (Fsp3) is 0. The molecule has 4 heterocycles. The Bertz CT molecular complexity index is 2500. The highest BCUT2D eigenvalue weighted by molar-refractivity contribution is 6.10. The van der Waals surface area contributed by atoms with Gasteiger partial charge in [0.05, 0.1) is 22.3 Å². The van der Waals surface area contributed by atoms with E-state index < -0.39 is 0 Å². The molecule has 0 aliphatic rings. The van der Waals surface area contributed by atoms with Gasteiger partial charge in [-0.1, -0.05) is 121 Å². The summed E-state index contributed by atoms with van der Waals surface area (Å²) in [5, 5.41) is 2.06.